The smallest absolute Gasteiger partial charge is 0.244 e. The molecule has 1 fully saturated rings. The molecule has 0 aliphatic heterocycles. The quantitative estimate of drug-likeness (QED) is 0.317. The number of nitrogens with one attached hydrogen (secondary N) is 1. The number of hydrogen-bond acceptors (Lipinski definition) is 4. The predicted molar refractivity (Wildman–Crippen MR) is 164 cm³/mol. The second-order valence-electron chi connectivity index (χ2n) is 10.7. The van der Waals surface area contributed by atoms with Gasteiger partial charge in [0.05, 0.1) is 11.9 Å². The summed E-state index contributed by atoms with van der Waals surface area (Å²) in [7, 11) is -3.86. The third kappa shape index (κ3) is 8.33. The van der Waals surface area contributed by atoms with E-state index in [1.807, 2.05) is 60.7 Å². The summed E-state index contributed by atoms with van der Waals surface area (Å²) in [4.78, 5) is 29.7. The lowest BCUT2D eigenvalue weighted by molar-refractivity contribution is -0.140. The van der Waals surface area contributed by atoms with Crippen molar-refractivity contribution in [2.24, 2.45) is 0 Å². The average molecular weight is 596 g/mol. The van der Waals surface area contributed by atoms with Crippen molar-refractivity contribution in [2.75, 3.05) is 17.1 Å². The molecule has 3 aromatic carbocycles. The van der Waals surface area contributed by atoms with Crippen molar-refractivity contribution in [1.29, 1.82) is 0 Å². The van der Waals surface area contributed by atoms with Crippen LogP contribution in [-0.4, -0.2) is 50.0 Å². The van der Waals surface area contributed by atoms with Crippen molar-refractivity contribution < 1.29 is 18.0 Å². The number of sulfonamides is 1. The lowest BCUT2D eigenvalue weighted by atomic mass is 9.94. The number of anilines is 1. The molecule has 0 heterocycles. The first-order chi connectivity index (χ1) is 19.6. The number of halogens is 1. The van der Waals surface area contributed by atoms with E-state index in [1.165, 1.54) is 4.90 Å². The standard InChI is InChI=1S/C32H38ClN3O4S/c1-24-28(33)19-12-20-29(24)36(41(2,39)40)23-31(37)35(22-26-15-8-4-9-16-26)30(21-25-13-6-3-7-14-25)32(38)34-27-17-10-5-11-18-27/h3-4,6-9,12-16,19-20,27,30H,5,10-11,17-18,21-23H2,1-2H3,(H,34,38)/t30-/m1/s1. The minimum Gasteiger partial charge on any atom is -0.352 e. The maximum Gasteiger partial charge on any atom is 0.244 e. The van der Waals surface area contributed by atoms with Crippen molar-refractivity contribution in [1.82, 2.24) is 10.2 Å². The van der Waals surface area contributed by atoms with Crippen LogP contribution in [0, 0.1) is 6.92 Å². The summed E-state index contributed by atoms with van der Waals surface area (Å²) in [5.41, 5.74) is 2.64. The van der Waals surface area contributed by atoms with Crippen molar-refractivity contribution >= 4 is 39.1 Å². The summed E-state index contributed by atoms with van der Waals surface area (Å²) in [6.45, 7) is 1.41. The average Bonchev–Trinajstić information content (AvgIpc) is 2.96. The minimum atomic E-state index is -3.86. The van der Waals surface area contributed by atoms with Crippen molar-refractivity contribution in [3.63, 3.8) is 0 Å². The molecule has 0 bridgehead atoms. The van der Waals surface area contributed by atoms with Crippen LogP contribution in [0.2, 0.25) is 5.02 Å². The molecule has 0 aromatic heterocycles. The predicted octanol–water partition coefficient (Wildman–Crippen LogP) is 5.50. The number of carbonyl (C=O) groups is 2. The molecule has 1 saturated carbocycles. The van der Waals surface area contributed by atoms with Crippen LogP contribution in [0.1, 0.15) is 48.8 Å². The van der Waals surface area contributed by atoms with Crippen LogP contribution in [0.4, 0.5) is 5.69 Å². The monoisotopic (exact) mass is 595 g/mol. The topological polar surface area (TPSA) is 86.8 Å². The van der Waals surface area contributed by atoms with E-state index in [-0.39, 0.29) is 18.5 Å². The Hall–Kier alpha value is -3.36. The van der Waals surface area contributed by atoms with Crippen LogP contribution in [-0.2, 0) is 32.6 Å². The molecular formula is C32H38ClN3O4S. The molecule has 9 heteroatoms. The highest BCUT2D eigenvalue weighted by Crippen LogP contribution is 2.29. The van der Waals surface area contributed by atoms with Crippen LogP contribution in [0.15, 0.2) is 78.9 Å². The SMILES string of the molecule is Cc1c(Cl)cccc1N(CC(=O)N(Cc1ccccc1)[C@H](Cc1ccccc1)C(=O)NC1CCCCC1)S(C)(=O)=O. The van der Waals surface area contributed by atoms with E-state index in [1.54, 1.807) is 25.1 Å². The maximum atomic E-state index is 14.2. The highest BCUT2D eigenvalue weighted by atomic mass is 35.5. The molecule has 0 radical (unpaired) electrons. The minimum absolute atomic E-state index is 0.0600. The van der Waals surface area contributed by atoms with E-state index in [0.717, 1.165) is 53.8 Å². The summed E-state index contributed by atoms with van der Waals surface area (Å²) in [5.74, 6) is -0.701. The van der Waals surface area contributed by atoms with Gasteiger partial charge in [0.15, 0.2) is 0 Å². The Morgan fingerprint density at radius 3 is 2.12 bits per heavy atom. The summed E-state index contributed by atoms with van der Waals surface area (Å²) in [6, 6.07) is 23.2. The Kier molecular flexibility index (Phi) is 10.5. The molecule has 1 aliphatic carbocycles. The van der Waals surface area contributed by atoms with Gasteiger partial charge < -0.3 is 10.2 Å². The van der Waals surface area contributed by atoms with Gasteiger partial charge in [-0.25, -0.2) is 8.42 Å². The number of carbonyl (C=O) groups excluding carboxylic acids is 2. The number of rotatable bonds is 11. The lowest BCUT2D eigenvalue weighted by Gasteiger charge is -2.35. The lowest BCUT2D eigenvalue weighted by Crippen LogP contribution is -2.55. The normalized spacial score (nSPS) is 14.7. The second-order valence-corrected chi connectivity index (χ2v) is 13.0. The van der Waals surface area contributed by atoms with Crippen molar-refractivity contribution in [2.45, 2.75) is 64.1 Å². The van der Waals surface area contributed by atoms with Crippen LogP contribution >= 0.6 is 11.6 Å². The molecule has 0 saturated heterocycles. The van der Waals surface area contributed by atoms with Gasteiger partial charge in [-0.1, -0.05) is 97.6 Å². The van der Waals surface area contributed by atoms with Crippen molar-refractivity contribution in [3.05, 3.63) is 101 Å². The van der Waals surface area contributed by atoms with Gasteiger partial charge in [-0.05, 0) is 48.6 Å². The fourth-order valence-electron chi connectivity index (χ4n) is 5.34. The maximum absolute atomic E-state index is 14.2. The van der Waals surface area contributed by atoms with Gasteiger partial charge in [-0.15, -0.1) is 0 Å². The molecule has 4 rings (SSSR count). The van der Waals surface area contributed by atoms with Gasteiger partial charge in [0.2, 0.25) is 21.8 Å². The van der Waals surface area contributed by atoms with Crippen LogP contribution in [0.3, 0.4) is 0 Å². The summed E-state index contributed by atoms with van der Waals surface area (Å²) >= 11 is 6.32. The first-order valence-corrected chi connectivity index (χ1v) is 16.3. The van der Waals surface area contributed by atoms with Gasteiger partial charge in [-0.3, -0.25) is 13.9 Å². The van der Waals surface area contributed by atoms with Gasteiger partial charge in [0.25, 0.3) is 0 Å². The number of nitrogens with zero attached hydrogens (tertiary/aromatic N) is 2. The van der Waals surface area contributed by atoms with E-state index < -0.39 is 28.5 Å². The van der Waals surface area contributed by atoms with E-state index in [2.05, 4.69) is 5.32 Å². The van der Waals surface area contributed by atoms with Crippen molar-refractivity contribution in [3.8, 4) is 0 Å². The summed E-state index contributed by atoms with van der Waals surface area (Å²) in [5, 5.41) is 3.61. The Balaban J connectivity index is 1.72. The first-order valence-electron chi connectivity index (χ1n) is 14.0. The number of amides is 2. The van der Waals surface area contributed by atoms with Crippen LogP contribution < -0.4 is 9.62 Å². The molecule has 0 spiro atoms. The molecule has 41 heavy (non-hydrogen) atoms. The molecule has 1 N–H and O–H groups in total. The van der Waals surface area contributed by atoms with Crippen LogP contribution in [0.5, 0.6) is 0 Å². The van der Waals surface area contributed by atoms with E-state index >= 15 is 0 Å². The van der Waals surface area contributed by atoms with E-state index in [9.17, 15) is 18.0 Å². The Bertz CT molecular complexity index is 1430. The fraction of sp³-hybridized carbons (Fsp3) is 0.375. The van der Waals surface area contributed by atoms with Gasteiger partial charge >= 0.3 is 0 Å². The Morgan fingerprint density at radius 1 is 0.902 bits per heavy atom. The second kappa shape index (κ2) is 14.0. The van der Waals surface area contributed by atoms with Gasteiger partial charge in [-0.2, -0.15) is 0 Å². The molecule has 1 aliphatic rings. The first kappa shape index (κ1) is 30.6. The summed E-state index contributed by atoms with van der Waals surface area (Å²) in [6.07, 6.45) is 6.46. The molecule has 2 amide bonds. The molecule has 218 valence electrons. The zero-order chi connectivity index (χ0) is 29.4. The third-order valence-corrected chi connectivity index (χ3v) is 9.14. The number of hydrogen-bond donors (Lipinski definition) is 1. The zero-order valence-corrected chi connectivity index (χ0v) is 25.2. The Labute approximate surface area is 248 Å². The van der Waals surface area contributed by atoms with E-state index in [4.69, 9.17) is 11.6 Å². The fourth-order valence-corrected chi connectivity index (χ4v) is 6.41. The molecule has 3 aromatic rings. The number of benzene rings is 3. The van der Waals surface area contributed by atoms with E-state index in [0.29, 0.717) is 22.7 Å². The zero-order valence-electron chi connectivity index (χ0n) is 23.6. The van der Waals surface area contributed by atoms with Gasteiger partial charge in [0, 0.05) is 24.0 Å². The summed E-state index contributed by atoms with van der Waals surface area (Å²) < 4.78 is 27.1. The largest absolute Gasteiger partial charge is 0.352 e. The third-order valence-electron chi connectivity index (χ3n) is 7.61. The molecule has 1 atom stereocenters. The molecular weight excluding hydrogens is 558 g/mol. The molecule has 7 nitrogen and oxygen atoms in total. The highest BCUT2D eigenvalue weighted by Gasteiger charge is 2.34. The highest BCUT2D eigenvalue weighted by molar-refractivity contribution is 7.92. The molecule has 0 unspecified atom stereocenters. The van der Waals surface area contributed by atoms with Gasteiger partial charge in [0.1, 0.15) is 12.6 Å². The van der Waals surface area contributed by atoms with Crippen LogP contribution in [0.25, 0.3) is 0 Å². The Morgan fingerprint density at radius 2 is 1.51 bits per heavy atom.